The molecule has 2 aliphatic rings. The average Bonchev–Trinajstić information content (AvgIpc) is 3.10. The lowest BCUT2D eigenvalue weighted by Gasteiger charge is -2.23. The normalized spacial score (nSPS) is 25.6. The van der Waals surface area contributed by atoms with E-state index >= 15 is 0 Å². The Bertz CT molecular complexity index is 407. The van der Waals surface area contributed by atoms with Crippen molar-refractivity contribution in [3.8, 4) is 0 Å². The van der Waals surface area contributed by atoms with Gasteiger partial charge in [0.1, 0.15) is 0 Å². The number of rotatable bonds is 4. The molecule has 1 aromatic rings. The molecule has 0 spiro atoms. The van der Waals surface area contributed by atoms with Gasteiger partial charge in [0.05, 0.1) is 0 Å². The highest BCUT2D eigenvalue weighted by Crippen LogP contribution is 2.20. The molecule has 2 fully saturated rings. The quantitative estimate of drug-likeness (QED) is 0.817. The molecule has 1 atom stereocenters. The number of nitrogens with zero attached hydrogens (tertiary/aromatic N) is 2. The summed E-state index contributed by atoms with van der Waals surface area (Å²) in [6.45, 7) is 6.29. The third-order valence-corrected chi connectivity index (χ3v) is 4.38. The molecule has 0 bridgehead atoms. The molecule has 0 aromatic heterocycles. The van der Waals surface area contributed by atoms with Crippen molar-refractivity contribution in [1.82, 2.24) is 9.80 Å². The van der Waals surface area contributed by atoms with Gasteiger partial charge in [0, 0.05) is 25.7 Å². The first-order valence-electron chi connectivity index (χ1n) is 7.60. The van der Waals surface area contributed by atoms with Gasteiger partial charge in [-0.3, -0.25) is 9.80 Å². The standard InChI is InChI=1S/C17H24N2/c1-2-7-16(8-3-1)9-6-11-18-14-10-17(15-18)19-12-4-5-13-19/h1-3,6-9,17H,4-5,10-15H2. The molecule has 0 aliphatic carbocycles. The SMILES string of the molecule is C(=Cc1ccccc1)CN1CCC(N2CCCC2)C1. The van der Waals surface area contributed by atoms with Gasteiger partial charge in [0.25, 0.3) is 0 Å². The Morgan fingerprint density at radius 3 is 2.63 bits per heavy atom. The Kier molecular flexibility index (Phi) is 4.31. The van der Waals surface area contributed by atoms with Crippen LogP contribution in [0.15, 0.2) is 36.4 Å². The van der Waals surface area contributed by atoms with Crippen LogP contribution in [-0.2, 0) is 0 Å². The fourth-order valence-electron chi connectivity index (χ4n) is 3.28. The van der Waals surface area contributed by atoms with Gasteiger partial charge in [-0.2, -0.15) is 0 Å². The van der Waals surface area contributed by atoms with Crippen molar-refractivity contribution in [2.45, 2.75) is 25.3 Å². The number of hydrogen-bond acceptors (Lipinski definition) is 2. The zero-order valence-electron chi connectivity index (χ0n) is 11.7. The van der Waals surface area contributed by atoms with Crippen LogP contribution in [0.25, 0.3) is 6.08 Å². The van der Waals surface area contributed by atoms with Gasteiger partial charge in [0.2, 0.25) is 0 Å². The van der Waals surface area contributed by atoms with E-state index in [1.165, 1.54) is 51.0 Å². The van der Waals surface area contributed by atoms with Crippen molar-refractivity contribution in [2.24, 2.45) is 0 Å². The van der Waals surface area contributed by atoms with Gasteiger partial charge >= 0.3 is 0 Å². The first kappa shape index (κ1) is 12.9. The molecular weight excluding hydrogens is 232 g/mol. The summed E-state index contributed by atoms with van der Waals surface area (Å²) >= 11 is 0. The smallest absolute Gasteiger partial charge is 0.0235 e. The van der Waals surface area contributed by atoms with Crippen molar-refractivity contribution < 1.29 is 0 Å². The summed E-state index contributed by atoms with van der Waals surface area (Å²) in [5.41, 5.74) is 1.30. The van der Waals surface area contributed by atoms with Crippen LogP contribution in [-0.4, -0.2) is 48.6 Å². The van der Waals surface area contributed by atoms with Crippen molar-refractivity contribution >= 4 is 6.08 Å². The van der Waals surface area contributed by atoms with Crippen molar-refractivity contribution in [1.29, 1.82) is 0 Å². The molecule has 1 unspecified atom stereocenters. The first-order chi connectivity index (χ1) is 9.42. The lowest BCUT2D eigenvalue weighted by molar-refractivity contribution is 0.238. The Balaban J connectivity index is 1.45. The molecule has 2 nitrogen and oxygen atoms in total. The molecule has 0 radical (unpaired) electrons. The van der Waals surface area contributed by atoms with E-state index in [0.717, 1.165) is 12.6 Å². The summed E-state index contributed by atoms with van der Waals surface area (Å²) in [4.78, 5) is 5.28. The van der Waals surface area contributed by atoms with E-state index in [1.807, 2.05) is 0 Å². The van der Waals surface area contributed by atoms with Crippen molar-refractivity contribution in [3.63, 3.8) is 0 Å². The highest BCUT2D eigenvalue weighted by atomic mass is 15.3. The maximum absolute atomic E-state index is 2.70. The van der Waals surface area contributed by atoms with Crippen LogP contribution in [0, 0.1) is 0 Å². The lowest BCUT2D eigenvalue weighted by Crippen LogP contribution is -2.35. The van der Waals surface area contributed by atoms with Gasteiger partial charge in [-0.15, -0.1) is 0 Å². The highest BCUT2D eigenvalue weighted by molar-refractivity contribution is 5.48. The number of hydrogen-bond donors (Lipinski definition) is 0. The second-order valence-corrected chi connectivity index (χ2v) is 5.76. The van der Waals surface area contributed by atoms with Crippen LogP contribution >= 0.6 is 0 Å². The van der Waals surface area contributed by atoms with Crippen LogP contribution in [0.5, 0.6) is 0 Å². The van der Waals surface area contributed by atoms with Crippen LogP contribution in [0.1, 0.15) is 24.8 Å². The minimum Gasteiger partial charge on any atom is -0.299 e. The maximum atomic E-state index is 2.70. The molecule has 2 heterocycles. The molecule has 0 amide bonds. The van der Waals surface area contributed by atoms with Gasteiger partial charge in [-0.1, -0.05) is 42.5 Å². The van der Waals surface area contributed by atoms with Crippen LogP contribution < -0.4 is 0 Å². The van der Waals surface area contributed by atoms with E-state index in [9.17, 15) is 0 Å². The van der Waals surface area contributed by atoms with E-state index in [2.05, 4.69) is 52.3 Å². The molecule has 19 heavy (non-hydrogen) atoms. The average molecular weight is 256 g/mol. The van der Waals surface area contributed by atoms with E-state index < -0.39 is 0 Å². The number of likely N-dealkylation sites (tertiary alicyclic amines) is 2. The topological polar surface area (TPSA) is 6.48 Å². The van der Waals surface area contributed by atoms with Crippen molar-refractivity contribution in [2.75, 3.05) is 32.7 Å². The summed E-state index contributed by atoms with van der Waals surface area (Å²) < 4.78 is 0. The van der Waals surface area contributed by atoms with E-state index in [-0.39, 0.29) is 0 Å². The summed E-state index contributed by atoms with van der Waals surface area (Å²) in [5.74, 6) is 0. The van der Waals surface area contributed by atoms with Crippen LogP contribution in [0.3, 0.4) is 0 Å². The van der Waals surface area contributed by atoms with E-state index in [4.69, 9.17) is 0 Å². The second-order valence-electron chi connectivity index (χ2n) is 5.76. The maximum Gasteiger partial charge on any atom is 0.0235 e. The Morgan fingerprint density at radius 2 is 1.84 bits per heavy atom. The van der Waals surface area contributed by atoms with Gasteiger partial charge in [0.15, 0.2) is 0 Å². The number of benzene rings is 1. The third-order valence-electron chi connectivity index (χ3n) is 4.38. The van der Waals surface area contributed by atoms with Gasteiger partial charge in [-0.05, 0) is 37.9 Å². The van der Waals surface area contributed by atoms with E-state index in [0.29, 0.717) is 0 Å². The lowest BCUT2D eigenvalue weighted by atomic mass is 10.2. The Hall–Kier alpha value is -1.12. The van der Waals surface area contributed by atoms with Gasteiger partial charge < -0.3 is 0 Å². The zero-order valence-corrected chi connectivity index (χ0v) is 11.7. The van der Waals surface area contributed by atoms with Crippen LogP contribution in [0.4, 0.5) is 0 Å². The minimum absolute atomic E-state index is 0.827. The summed E-state index contributed by atoms with van der Waals surface area (Å²) in [6.07, 6.45) is 8.72. The second kappa shape index (κ2) is 6.36. The fourth-order valence-corrected chi connectivity index (χ4v) is 3.28. The summed E-state index contributed by atoms with van der Waals surface area (Å²) in [5, 5.41) is 0. The molecule has 0 N–H and O–H groups in total. The molecule has 1 aromatic carbocycles. The molecule has 2 heteroatoms. The van der Waals surface area contributed by atoms with E-state index in [1.54, 1.807) is 0 Å². The zero-order chi connectivity index (χ0) is 12.9. The Morgan fingerprint density at radius 1 is 1.05 bits per heavy atom. The minimum atomic E-state index is 0.827. The third kappa shape index (κ3) is 3.46. The Labute approximate surface area is 116 Å². The molecule has 0 saturated carbocycles. The molecular formula is C17H24N2. The predicted molar refractivity (Wildman–Crippen MR) is 81.1 cm³/mol. The summed E-state index contributed by atoms with van der Waals surface area (Å²) in [7, 11) is 0. The monoisotopic (exact) mass is 256 g/mol. The summed E-state index contributed by atoms with van der Waals surface area (Å²) in [6, 6.07) is 11.4. The largest absolute Gasteiger partial charge is 0.299 e. The molecule has 2 saturated heterocycles. The predicted octanol–water partition coefficient (Wildman–Crippen LogP) is 2.87. The first-order valence-corrected chi connectivity index (χ1v) is 7.60. The molecule has 3 rings (SSSR count). The highest BCUT2D eigenvalue weighted by Gasteiger charge is 2.28. The van der Waals surface area contributed by atoms with Crippen LogP contribution in [0.2, 0.25) is 0 Å². The van der Waals surface area contributed by atoms with Gasteiger partial charge in [-0.25, -0.2) is 0 Å². The van der Waals surface area contributed by atoms with Crippen molar-refractivity contribution in [3.05, 3.63) is 42.0 Å². The molecule has 2 aliphatic heterocycles. The molecule has 102 valence electrons. The fraction of sp³-hybridized carbons (Fsp3) is 0.529.